The molecule has 0 spiro atoms. The van der Waals surface area contributed by atoms with Gasteiger partial charge in [0.05, 0.1) is 11.6 Å². The Morgan fingerprint density at radius 1 is 1.00 bits per heavy atom. The van der Waals surface area contributed by atoms with Crippen molar-refractivity contribution in [2.24, 2.45) is 0 Å². The second kappa shape index (κ2) is 10.6. The number of sulfonamides is 1. The normalized spacial score (nSPS) is 18.0. The number of nitrogens with one attached hydrogen (secondary N) is 1. The topological polar surface area (TPSA) is 115 Å². The Kier molecular flexibility index (Phi) is 7.04. The summed E-state index contributed by atoms with van der Waals surface area (Å²) in [6, 6.07) is 16.9. The number of aliphatic hydroxyl groups excluding tert-OH is 1. The molecule has 1 atom stereocenters. The van der Waals surface area contributed by atoms with E-state index in [0.717, 1.165) is 48.5 Å². The first-order valence-electron chi connectivity index (χ1n) is 13.9. The third-order valence-electron chi connectivity index (χ3n) is 7.82. The molecule has 4 aromatic rings. The van der Waals surface area contributed by atoms with Crippen LogP contribution in [0.25, 0.3) is 10.9 Å². The van der Waals surface area contributed by atoms with E-state index in [-0.39, 0.29) is 17.5 Å². The van der Waals surface area contributed by atoms with Crippen molar-refractivity contribution in [2.45, 2.75) is 37.2 Å². The summed E-state index contributed by atoms with van der Waals surface area (Å²) >= 11 is 0. The molecule has 1 fully saturated rings. The largest absolute Gasteiger partial charge is 0.392 e. The van der Waals surface area contributed by atoms with Crippen molar-refractivity contribution in [3.63, 3.8) is 0 Å². The quantitative estimate of drug-likeness (QED) is 0.341. The highest BCUT2D eigenvalue weighted by Crippen LogP contribution is 2.42. The molecule has 10 nitrogen and oxygen atoms in total. The Hall–Kier alpha value is -3.80. The highest BCUT2D eigenvalue weighted by Gasteiger charge is 2.43. The lowest BCUT2D eigenvalue weighted by molar-refractivity contribution is 0.123. The standard InChI is InChI=1S/C30H35N7O3S/c1-21(38)19-35-14-16-36(17-15-35)24-11-9-23(10-12-24)33-29-32-18-25-28(34-29)37(20-30(25,2)3)41(39,40)26-8-4-6-22-7-5-13-31-27(22)26/h4-13,18,21,38H,14-17,19-20H2,1-3H3,(H,32,33,34). The maximum absolute atomic E-state index is 14.0. The third-order valence-corrected chi connectivity index (χ3v) is 9.59. The molecule has 11 heteroatoms. The zero-order valence-electron chi connectivity index (χ0n) is 23.5. The number of benzene rings is 2. The van der Waals surface area contributed by atoms with Gasteiger partial charge in [0.2, 0.25) is 5.95 Å². The fourth-order valence-electron chi connectivity index (χ4n) is 5.67. The minimum Gasteiger partial charge on any atom is -0.392 e. The maximum Gasteiger partial charge on any atom is 0.267 e. The molecule has 6 rings (SSSR count). The molecular weight excluding hydrogens is 538 g/mol. The highest BCUT2D eigenvalue weighted by molar-refractivity contribution is 7.93. The van der Waals surface area contributed by atoms with Gasteiger partial charge in [0.25, 0.3) is 10.0 Å². The van der Waals surface area contributed by atoms with Crippen LogP contribution in [-0.2, 0) is 15.4 Å². The molecule has 2 aromatic carbocycles. The van der Waals surface area contributed by atoms with Crippen molar-refractivity contribution in [3.8, 4) is 0 Å². The molecule has 0 amide bonds. The van der Waals surface area contributed by atoms with E-state index in [4.69, 9.17) is 4.98 Å². The van der Waals surface area contributed by atoms with Crippen LogP contribution in [-0.4, -0.2) is 78.7 Å². The van der Waals surface area contributed by atoms with Gasteiger partial charge < -0.3 is 15.3 Å². The number of β-amino-alcohol motifs (C(OH)–C–C–N with tert-alkyl or cyclic N) is 1. The van der Waals surface area contributed by atoms with Crippen LogP contribution in [0.5, 0.6) is 0 Å². The third kappa shape index (κ3) is 5.32. The maximum atomic E-state index is 14.0. The minimum absolute atomic E-state index is 0.162. The summed E-state index contributed by atoms with van der Waals surface area (Å²) in [5.41, 5.74) is 2.71. The Morgan fingerprint density at radius 3 is 2.46 bits per heavy atom. The average Bonchev–Trinajstić information content (AvgIpc) is 3.24. The van der Waals surface area contributed by atoms with Gasteiger partial charge >= 0.3 is 0 Å². The first-order valence-corrected chi connectivity index (χ1v) is 15.3. The van der Waals surface area contributed by atoms with Crippen LogP contribution in [0.4, 0.5) is 23.1 Å². The zero-order chi connectivity index (χ0) is 28.8. The number of piperazine rings is 1. The van der Waals surface area contributed by atoms with Crippen molar-refractivity contribution in [3.05, 3.63) is 72.6 Å². The summed E-state index contributed by atoms with van der Waals surface area (Å²) in [7, 11) is -3.94. The van der Waals surface area contributed by atoms with Crippen LogP contribution in [0.3, 0.4) is 0 Å². The lowest BCUT2D eigenvalue weighted by Gasteiger charge is -2.36. The molecule has 0 radical (unpaired) electrons. The number of hydrogen-bond donors (Lipinski definition) is 2. The molecule has 41 heavy (non-hydrogen) atoms. The van der Waals surface area contributed by atoms with Crippen molar-refractivity contribution >= 4 is 44.1 Å². The summed E-state index contributed by atoms with van der Waals surface area (Å²) in [6.45, 7) is 10.4. The Morgan fingerprint density at radius 2 is 1.73 bits per heavy atom. The second-order valence-electron chi connectivity index (χ2n) is 11.5. The van der Waals surface area contributed by atoms with E-state index in [9.17, 15) is 13.5 Å². The molecule has 2 aliphatic rings. The van der Waals surface area contributed by atoms with E-state index in [2.05, 4.69) is 37.2 Å². The second-order valence-corrected chi connectivity index (χ2v) is 13.3. The molecule has 214 valence electrons. The first-order chi connectivity index (χ1) is 19.6. The van der Waals surface area contributed by atoms with Crippen molar-refractivity contribution in [1.82, 2.24) is 19.9 Å². The van der Waals surface area contributed by atoms with Crippen LogP contribution in [0, 0.1) is 0 Å². The first kappa shape index (κ1) is 27.4. The van der Waals surface area contributed by atoms with Gasteiger partial charge in [-0.1, -0.05) is 32.0 Å². The summed E-state index contributed by atoms with van der Waals surface area (Å²) in [5.74, 6) is 0.712. The molecule has 2 aromatic heterocycles. The van der Waals surface area contributed by atoms with E-state index in [1.54, 1.807) is 30.6 Å². The number of para-hydroxylation sites is 1. The van der Waals surface area contributed by atoms with E-state index in [1.165, 1.54) is 4.31 Å². The van der Waals surface area contributed by atoms with Gasteiger partial charge in [0.1, 0.15) is 4.90 Å². The van der Waals surface area contributed by atoms with Gasteiger partial charge in [-0.2, -0.15) is 4.98 Å². The Labute approximate surface area is 240 Å². The predicted molar refractivity (Wildman–Crippen MR) is 161 cm³/mol. The summed E-state index contributed by atoms with van der Waals surface area (Å²) in [5, 5.41) is 13.7. The molecule has 0 saturated carbocycles. The van der Waals surface area contributed by atoms with E-state index in [0.29, 0.717) is 23.8 Å². The van der Waals surface area contributed by atoms with Gasteiger partial charge in [0.15, 0.2) is 5.82 Å². The molecular formula is C30H35N7O3S. The summed E-state index contributed by atoms with van der Waals surface area (Å²) in [6.07, 6.45) is 3.01. The molecule has 1 unspecified atom stereocenters. The fraction of sp³-hybridized carbons (Fsp3) is 0.367. The van der Waals surface area contributed by atoms with Gasteiger partial charge in [0, 0.05) is 79.4 Å². The van der Waals surface area contributed by atoms with Crippen LogP contribution in [0.1, 0.15) is 26.3 Å². The van der Waals surface area contributed by atoms with E-state index in [1.807, 2.05) is 45.0 Å². The van der Waals surface area contributed by atoms with Crippen LogP contribution in [0.15, 0.2) is 71.9 Å². The Bertz CT molecular complexity index is 1660. The molecule has 0 aliphatic carbocycles. The van der Waals surface area contributed by atoms with Crippen LogP contribution in [0.2, 0.25) is 0 Å². The number of rotatable bonds is 7. The Balaban J connectivity index is 1.23. The molecule has 1 saturated heterocycles. The SMILES string of the molecule is CC(O)CN1CCN(c2ccc(Nc3ncc4c(n3)N(S(=O)(=O)c3cccc5cccnc35)CC4(C)C)cc2)CC1. The highest BCUT2D eigenvalue weighted by atomic mass is 32.2. The number of fused-ring (bicyclic) bond motifs is 2. The minimum atomic E-state index is -3.94. The monoisotopic (exact) mass is 573 g/mol. The van der Waals surface area contributed by atoms with Gasteiger partial charge in [-0.05, 0) is 43.3 Å². The number of nitrogens with zero attached hydrogens (tertiary/aromatic N) is 6. The van der Waals surface area contributed by atoms with Crippen LogP contribution >= 0.6 is 0 Å². The van der Waals surface area contributed by atoms with E-state index >= 15 is 0 Å². The van der Waals surface area contributed by atoms with Crippen molar-refractivity contribution < 1.29 is 13.5 Å². The van der Waals surface area contributed by atoms with Crippen LogP contribution < -0.4 is 14.5 Å². The lowest BCUT2D eigenvalue weighted by Crippen LogP contribution is -2.48. The van der Waals surface area contributed by atoms with E-state index < -0.39 is 15.4 Å². The number of hydrogen-bond acceptors (Lipinski definition) is 9. The number of aliphatic hydroxyl groups is 1. The molecule has 2 N–H and O–H groups in total. The lowest BCUT2D eigenvalue weighted by atomic mass is 9.89. The van der Waals surface area contributed by atoms with Gasteiger partial charge in [-0.25, -0.2) is 17.7 Å². The fourth-order valence-corrected chi connectivity index (χ4v) is 7.43. The summed E-state index contributed by atoms with van der Waals surface area (Å²) < 4.78 is 29.4. The van der Waals surface area contributed by atoms with Gasteiger partial charge in [-0.3, -0.25) is 9.88 Å². The average molecular weight is 574 g/mol. The van der Waals surface area contributed by atoms with Crippen molar-refractivity contribution in [1.29, 1.82) is 0 Å². The molecule has 4 heterocycles. The van der Waals surface area contributed by atoms with Gasteiger partial charge in [-0.15, -0.1) is 0 Å². The number of aromatic nitrogens is 3. The summed E-state index contributed by atoms with van der Waals surface area (Å²) in [4.78, 5) is 18.4. The molecule has 2 aliphatic heterocycles. The number of pyridine rings is 1. The molecule has 0 bridgehead atoms. The number of anilines is 4. The van der Waals surface area contributed by atoms with Crippen molar-refractivity contribution in [2.75, 3.05) is 53.8 Å². The zero-order valence-corrected chi connectivity index (χ0v) is 24.3. The smallest absolute Gasteiger partial charge is 0.267 e. The predicted octanol–water partition coefficient (Wildman–Crippen LogP) is 3.76.